The molecule has 3 atom stereocenters. The van der Waals surface area contributed by atoms with Crippen LogP contribution in [0.15, 0.2) is 0 Å². The average Bonchev–Trinajstić information content (AvgIpc) is 2.10. The molecule has 0 aromatic carbocycles. The van der Waals surface area contributed by atoms with Crippen LogP contribution in [0.25, 0.3) is 0 Å². The number of ether oxygens (including phenoxy) is 1. The Hall–Kier alpha value is -0.570. The van der Waals surface area contributed by atoms with Gasteiger partial charge in [0.25, 0.3) is 0 Å². The quantitative estimate of drug-likeness (QED) is 0.660. The lowest BCUT2D eigenvalue weighted by atomic mass is 9.79. The Balaban J connectivity index is 2.40. The topological polar surface area (TPSA) is 52.3 Å². The molecule has 0 unspecified atom stereocenters. The molecule has 0 aromatic rings. The molecule has 0 bridgehead atoms. The van der Waals surface area contributed by atoms with Crippen molar-refractivity contribution in [3.63, 3.8) is 0 Å². The number of hydrogen-bond donors (Lipinski definition) is 1. The summed E-state index contributed by atoms with van der Waals surface area (Å²) < 4.78 is 4.99. The maximum Gasteiger partial charge on any atom is 0.308 e. The Bertz CT molecular complexity index is 182. The van der Waals surface area contributed by atoms with E-state index in [1.165, 1.54) is 0 Å². The number of nitrogens with two attached hydrogens (primary N) is 1. The molecule has 1 saturated carbocycles. The monoisotopic (exact) mass is 185 g/mol. The highest BCUT2D eigenvalue weighted by atomic mass is 16.5. The largest absolute Gasteiger partial charge is 0.466 e. The number of esters is 1. The summed E-state index contributed by atoms with van der Waals surface area (Å²) in [4.78, 5) is 11.4. The van der Waals surface area contributed by atoms with Gasteiger partial charge in [-0.25, -0.2) is 0 Å². The molecular weight excluding hydrogens is 166 g/mol. The van der Waals surface area contributed by atoms with Crippen molar-refractivity contribution in [2.24, 2.45) is 17.6 Å². The van der Waals surface area contributed by atoms with E-state index in [1.54, 1.807) is 0 Å². The molecule has 3 heteroatoms. The molecule has 1 aliphatic rings. The molecular formula is C10H19NO2. The zero-order valence-electron chi connectivity index (χ0n) is 8.45. The standard InChI is InChI=1S/C10H19NO2/c1-3-13-10(12)8-4-5-9(11)7(2)6-8/h7-9H,3-6,11H2,1-2H3/t7-,8-,9-/m0/s1. The van der Waals surface area contributed by atoms with Gasteiger partial charge in [-0.3, -0.25) is 4.79 Å². The highest BCUT2D eigenvalue weighted by Crippen LogP contribution is 2.28. The van der Waals surface area contributed by atoms with Crippen molar-refractivity contribution in [2.45, 2.75) is 39.2 Å². The third-order valence-corrected chi connectivity index (χ3v) is 2.86. The second-order valence-corrected chi connectivity index (χ2v) is 3.90. The zero-order valence-corrected chi connectivity index (χ0v) is 8.45. The predicted molar refractivity (Wildman–Crippen MR) is 51.1 cm³/mol. The molecule has 0 aromatic heterocycles. The minimum Gasteiger partial charge on any atom is -0.466 e. The van der Waals surface area contributed by atoms with Crippen molar-refractivity contribution in [1.82, 2.24) is 0 Å². The Labute approximate surface area is 79.6 Å². The molecule has 0 heterocycles. The van der Waals surface area contributed by atoms with Crippen molar-refractivity contribution < 1.29 is 9.53 Å². The lowest BCUT2D eigenvalue weighted by Crippen LogP contribution is -2.37. The zero-order chi connectivity index (χ0) is 9.84. The van der Waals surface area contributed by atoms with E-state index in [-0.39, 0.29) is 17.9 Å². The van der Waals surface area contributed by atoms with Gasteiger partial charge in [0.1, 0.15) is 0 Å². The van der Waals surface area contributed by atoms with Crippen molar-refractivity contribution in [2.75, 3.05) is 6.61 Å². The maximum atomic E-state index is 11.4. The van der Waals surface area contributed by atoms with Crippen molar-refractivity contribution in [1.29, 1.82) is 0 Å². The summed E-state index contributed by atoms with van der Waals surface area (Å²) in [5.41, 5.74) is 5.86. The van der Waals surface area contributed by atoms with E-state index in [0.717, 1.165) is 19.3 Å². The SMILES string of the molecule is CCOC(=O)[C@H]1CC[C@H](N)[C@@H](C)C1. The first-order chi connectivity index (χ1) is 6.15. The summed E-state index contributed by atoms with van der Waals surface area (Å²) in [6.07, 6.45) is 2.73. The molecule has 2 N–H and O–H groups in total. The third-order valence-electron chi connectivity index (χ3n) is 2.86. The second-order valence-electron chi connectivity index (χ2n) is 3.90. The van der Waals surface area contributed by atoms with Gasteiger partial charge in [-0.05, 0) is 32.1 Å². The maximum absolute atomic E-state index is 11.4. The van der Waals surface area contributed by atoms with Gasteiger partial charge in [0.05, 0.1) is 12.5 Å². The van der Waals surface area contributed by atoms with Gasteiger partial charge in [-0.2, -0.15) is 0 Å². The summed E-state index contributed by atoms with van der Waals surface area (Å²) >= 11 is 0. The van der Waals surface area contributed by atoms with Crippen LogP contribution in [0.2, 0.25) is 0 Å². The molecule has 0 amide bonds. The number of rotatable bonds is 2. The molecule has 0 aliphatic heterocycles. The molecule has 1 rings (SSSR count). The van der Waals surface area contributed by atoms with Crippen molar-refractivity contribution in [3.05, 3.63) is 0 Å². The van der Waals surface area contributed by atoms with E-state index >= 15 is 0 Å². The van der Waals surface area contributed by atoms with Crippen LogP contribution in [-0.2, 0) is 9.53 Å². The van der Waals surface area contributed by atoms with Crippen LogP contribution in [0.3, 0.4) is 0 Å². The van der Waals surface area contributed by atoms with Gasteiger partial charge < -0.3 is 10.5 Å². The first-order valence-corrected chi connectivity index (χ1v) is 5.07. The van der Waals surface area contributed by atoms with Gasteiger partial charge in [0, 0.05) is 6.04 Å². The molecule has 13 heavy (non-hydrogen) atoms. The number of hydrogen-bond acceptors (Lipinski definition) is 3. The minimum absolute atomic E-state index is 0.0405. The van der Waals surface area contributed by atoms with Gasteiger partial charge in [-0.15, -0.1) is 0 Å². The second kappa shape index (κ2) is 4.61. The molecule has 0 spiro atoms. The van der Waals surface area contributed by atoms with E-state index in [2.05, 4.69) is 6.92 Å². The van der Waals surface area contributed by atoms with E-state index < -0.39 is 0 Å². The van der Waals surface area contributed by atoms with Crippen molar-refractivity contribution in [3.8, 4) is 0 Å². The average molecular weight is 185 g/mol. The van der Waals surface area contributed by atoms with Crippen LogP contribution in [-0.4, -0.2) is 18.6 Å². The van der Waals surface area contributed by atoms with Crippen LogP contribution in [0.1, 0.15) is 33.1 Å². The lowest BCUT2D eigenvalue weighted by Gasteiger charge is -2.30. The van der Waals surface area contributed by atoms with Crippen LogP contribution in [0.4, 0.5) is 0 Å². The first kappa shape index (κ1) is 10.5. The van der Waals surface area contributed by atoms with E-state index in [1.807, 2.05) is 6.92 Å². The molecule has 0 saturated heterocycles. The van der Waals surface area contributed by atoms with Crippen LogP contribution < -0.4 is 5.73 Å². The van der Waals surface area contributed by atoms with Crippen LogP contribution in [0.5, 0.6) is 0 Å². The van der Waals surface area contributed by atoms with Gasteiger partial charge in [0.15, 0.2) is 0 Å². The van der Waals surface area contributed by atoms with E-state index in [0.29, 0.717) is 12.5 Å². The Morgan fingerprint density at radius 1 is 1.54 bits per heavy atom. The molecule has 1 aliphatic carbocycles. The predicted octanol–water partition coefficient (Wildman–Crippen LogP) is 1.31. The molecule has 76 valence electrons. The summed E-state index contributed by atoms with van der Waals surface area (Å²) in [7, 11) is 0. The van der Waals surface area contributed by atoms with Crippen LogP contribution >= 0.6 is 0 Å². The summed E-state index contributed by atoms with van der Waals surface area (Å²) in [6.45, 7) is 4.43. The summed E-state index contributed by atoms with van der Waals surface area (Å²) in [5, 5.41) is 0. The van der Waals surface area contributed by atoms with Gasteiger partial charge in [0.2, 0.25) is 0 Å². The van der Waals surface area contributed by atoms with Gasteiger partial charge in [-0.1, -0.05) is 6.92 Å². The first-order valence-electron chi connectivity index (χ1n) is 5.07. The fourth-order valence-corrected chi connectivity index (χ4v) is 1.89. The molecule has 1 fully saturated rings. The highest BCUT2D eigenvalue weighted by molar-refractivity contribution is 5.72. The summed E-state index contributed by atoms with van der Waals surface area (Å²) in [5.74, 6) is 0.499. The Kier molecular flexibility index (Phi) is 3.72. The summed E-state index contributed by atoms with van der Waals surface area (Å²) in [6, 6.07) is 0.269. The van der Waals surface area contributed by atoms with Crippen LogP contribution in [0, 0.1) is 11.8 Å². The van der Waals surface area contributed by atoms with E-state index in [9.17, 15) is 4.79 Å². The fraction of sp³-hybridized carbons (Fsp3) is 0.900. The minimum atomic E-state index is -0.0405. The van der Waals surface area contributed by atoms with E-state index in [4.69, 9.17) is 10.5 Å². The van der Waals surface area contributed by atoms with Gasteiger partial charge >= 0.3 is 5.97 Å². The lowest BCUT2D eigenvalue weighted by molar-refractivity contribution is -0.149. The Morgan fingerprint density at radius 3 is 2.77 bits per heavy atom. The third kappa shape index (κ3) is 2.69. The number of carbonyl (C=O) groups excluding carboxylic acids is 1. The fourth-order valence-electron chi connectivity index (χ4n) is 1.89. The normalized spacial score (nSPS) is 34.2. The molecule has 0 radical (unpaired) electrons. The molecule has 3 nitrogen and oxygen atoms in total. The highest BCUT2D eigenvalue weighted by Gasteiger charge is 2.30. The number of carbonyl (C=O) groups is 1. The Morgan fingerprint density at radius 2 is 2.23 bits per heavy atom. The smallest absolute Gasteiger partial charge is 0.308 e. The van der Waals surface area contributed by atoms with Crippen molar-refractivity contribution >= 4 is 5.97 Å².